The van der Waals surface area contributed by atoms with Gasteiger partial charge in [0, 0.05) is 12.0 Å². The van der Waals surface area contributed by atoms with Gasteiger partial charge in [-0.25, -0.2) is 13.2 Å². The molecule has 16 heavy (non-hydrogen) atoms. The summed E-state index contributed by atoms with van der Waals surface area (Å²) in [5, 5.41) is 0. The maximum absolute atomic E-state index is 13.3. The molecule has 0 aliphatic rings. The van der Waals surface area contributed by atoms with Gasteiger partial charge >= 0.3 is 0 Å². The van der Waals surface area contributed by atoms with E-state index in [9.17, 15) is 13.2 Å². The van der Waals surface area contributed by atoms with Gasteiger partial charge in [-0.2, -0.15) is 0 Å². The minimum atomic E-state index is -2.48. The summed E-state index contributed by atoms with van der Waals surface area (Å²) in [7, 11) is 0. The highest BCUT2D eigenvalue weighted by molar-refractivity contribution is 5.17. The Morgan fingerprint density at radius 3 is 2.44 bits per heavy atom. The highest BCUT2D eigenvalue weighted by atomic mass is 19.3. The fraction of sp³-hybridized carbons (Fsp3) is 0.500. The monoisotopic (exact) mass is 231 g/mol. The van der Waals surface area contributed by atoms with Crippen LogP contribution >= 0.6 is 0 Å². The Kier molecular flexibility index (Phi) is 4.35. The summed E-state index contributed by atoms with van der Waals surface area (Å²) in [6, 6.07) is 6.21. The van der Waals surface area contributed by atoms with Crippen LogP contribution in [0.4, 0.5) is 13.2 Å². The number of hydrogen-bond donors (Lipinski definition) is 1. The van der Waals surface area contributed by atoms with Crippen LogP contribution in [-0.2, 0) is 6.42 Å². The molecule has 4 heteroatoms. The molecular weight excluding hydrogens is 215 g/mol. The second-order valence-electron chi connectivity index (χ2n) is 4.25. The van der Waals surface area contributed by atoms with E-state index in [4.69, 9.17) is 5.73 Å². The molecule has 1 rings (SSSR count). The van der Waals surface area contributed by atoms with Crippen molar-refractivity contribution in [2.75, 3.05) is 6.54 Å². The molecule has 0 radical (unpaired) electrons. The number of hydrogen-bond acceptors (Lipinski definition) is 1. The predicted molar refractivity (Wildman–Crippen MR) is 57.9 cm³/mol. The average Bonchev–Trinajstić information content (AvgIpc) is 2.27. The Morgan fingerprint density at radius 1 is 1.31 bits per heavy atom. The quantitative estimate of drug-likeness (QED) is 0.828. The molecule has 2 N–H and O–H groups in total. The molecule has 0 saturated carbocycles. The molecule has 0 bridgehead atoms. The Morgan fingerprint density at radius 2 is 1.94 bits per heavy atom. The molecular formula is C12H16F3N. The SMILES string of the molecule is CC(CN)(CCc1ccccc1F)C(F)F. The van der Waals surface area contributed by atoms with E-state index < -0.39 is 11.8 Å². The van der Waals surface area contributed by atoms with Gasteiger partial charge in [-0.3, -0.25) is 0 Å². The van der Waals surface area contributed by atoms with Crippen molar-refractivity contribution in [2.45, 2.75) is 26.2 Å². The number of alkyl halides is 2. The summed E-state index contributed by atoms with van der Waals surface area (Å²) < 4.78 is 38.7. The van der Waals surface area contributed by atoms with Gasteiger partial charge in [-0.1, -0.05) is 25.1 Å². The average molecular weight is 231 g/mol. The number of nitrogens with two attached hydrogens (primary N) is 1. The Hall–Kier alpha value is -1.03. The first-order valence-corrected chi connectivity index (χ1v) is 5.21. The smallest absolute Gasteiger partial charge is 0.245 e. The molecule has 0 aromatic heterocycles. The van der Waals surface area contributed by atoms with E-state index in [2.05, 4.69) is 0 Å². The van der Waals surface area contributed by atoms with Crippen LogP contribution in [0.5, 0.6) is 0 Å². The van der Waals surface area contributed by atoms with E-state index in [0.29, 0.717) is 5.56 Å². The van der Waals surface area contributed by atoms with Crippen molar-refractivity contribution in [3.8, 4) is 0 Å². The van der Waals surface area contributed by atoms with Crippen LogP contribution in [0.3, 0.4) is 0 Å². The van der Waals surface area contributed by atoms with Gasteiger partial charge < -0.3 is 5.73 Å². The molecule has 0 aliphatic carbocycles. The summed E-state index contributed by atoms with van der Waals surface area (Å²) in [5.41, 5.74) is 4.56. The molecule has 0 aliphatic heterocycles. The van der Waals surface area contributed by atoms with Gasteiger partial charge in [0.15, 0.2) is 0 Å². The fourth-order valence-corrected chi connectivity index (χ4v) is 1.42. The van der Waals surface area contributed by atoms with Crippen LogP contribution in [0.15, 0.2) is 24.3 Å². The number of rotatable bonds is 5. The van der Waals surface area contributed by atoms with Crippen LogP contribution in [0.2, 0.25) is 0 Å². The van der Waals surface area contributed by atoms with Crippen LogP contribution in [-0.4, -0.2) is 13.0 Å². The molecule has 1 unspecified atom stereocenters. The van der Waals surface area contributed by atoms with Crippen molar-refractivity contribution in [3.05, 3.63) is 35.6 Å². The van der Waals surface area contributed by atoms with E-state index in [1.165, 1.54) is 13.0 Å². The number of aryl methyl sites for hydroxylation is 1. The first-order valence-electron chi connectivity index (χ1n) is 5.21. The van der Waals surface area contributed by atoms with E-state index in [1.54, 1.807) is 18.2 Å². The first-order chi connectivity index (χ1) is 7.49. The van der Waals surface area contributed by atoms with E-state index in [-0.39, 0.29) is 25.2 Å². The van der Waals surface area contributed by atoms with Crippen molar-refractivity contribution in [1.29, 1.82) is 0 Å². The van der Waals surface area contributed by atoms with Gasteiger partial charge in [0.05, 0.1) is 0 Å². The van der Waals surface area contributed by atoms with Crippen molar-refractivity contribution < 1.29 is 13.2 Å². The Balaban J connectivity index is 2.67. The molecule has 1 aromatic carbocycles. The number of benzene rings is 1. The lowest BCUT2D eigenvalue weighted by Crippen LogP contribution is -2.35. The minimum absolute atomic E-state index is 0.0981. The summed E-state index contributed by atoms with van der Waals surface area (Å²) >= 11 is 0. The van der Waals surface area contributed by atoms with E-state index in [0.717, 1.165) is 0 Å². The van der Waals surface area contributed by atoms with Gasteiger partial charge in [-0.05, 0) is 24.5 Å². The van der Waals surface area contributed by atoms with Gasteiger partial charge in [0.1, 0.15) is 5.82 Å². The molecule has 1 aromatic rings. The van der Waals surface area contributed by atoms with Crippen LogP contribution in [0.1, 0.15) is 18.9 Å². The molecule has 0 fully saturated rings. The second kappa shape index (κ2) is 5.34. The van der Waals surface area contributed by atoms with Crippen LogP contribution in [0.25, 0.3) is 0 Å². The van der Waals surface area contributed by atoms with Crippen LogP contribution in [0, 0.1) is 11.2 Å². The molecule has 1 nitrogen and oxygen atoms in total. The zero-order valence-corrected chi connectivity index (χ0v) is 9.22. The molecule has 0 heterocycles. The lowest BCUT2D eigenvalue weighted by molar-refractivity contribution is 0.00742. The molecule has 0 spiro atoms. The lowest BCUT2D eigenvalue weighted by Gasteiger charge is -2.26. The third kappa shape index (κ3) is 2.98. The van der Waals surface area contributed by atoms with Crippen molar-refractivity contribution >= 4 is 0 Å². The molecule has 1 atom stereocenters. The summed E-state index contributed by atoms with van der Waals surface area (Å²) in [5.74, 6) is -0.351. The van der Waals surface area contributed by atoms with E-state index >= 15 is 0 Å². The van der Waals surface area contributed by atoms with Gasteiger partial charge in [0.2, 0.25) is 6.43 Å². The maximum atomic E-state index is 13.3. The minimum Gasteiger partial charge on any atom is -0.330 e. The normalized spacial score (nSPS) is 15.1. The zero-order chi connectivity index (χ0) is 12.2. The van der Waals surface area contributed by atoms with Gasteiger partial charge in [0.25, 0.3) is 0 Å². The zero-order valence-electron chi connectivity index (χ0n) is 9.22. The van der Waals surface area contributed by atoms with Crippen molar-refractivity contribution in [2.24, 2.45) is 11.1 Å². The highest BCUT2D eigenvalue weighted by Gasteiger charge is 2.33. The molecule has 0 saturated heterocycles. The predicted octanol–water partition coefficient (Wildman–Crippen LogP) is 2.99. The Bertz CT molecular complexity index is 341. The fourth-order valence-electron chi connectivity index (χ4n) is 1.42. The van der Waals surface area contributed by atoms with Crippen LogP contribution < -0.4 is 5.73 Å². The highest BCUT2D eigenvalue weighted by Crippen LogP contribution is 2.30. The molecule has 90 valence electrons. The number of halogens is 3. The third-order valence-corrected chi connectivity index (χ3v) is 2.92. The molecule has 0 amide bonds. The largest absolute Gasteiger partial charge is 0.330 e. The Labute approximate surface area is 93.5 Å². The van der Waals surface area contributed by atoms with Crippen molar-refractivity contribution in [1.82, 2.24) is 0 Å². The van der Waals surface area contributed by atoms with E-state index in [1.807, 2.05) is 0 Å². The summed E-state index contributed by atoms with van der Waals surface area (Å²) in [6.45, 7) is 1.33. The lowest BCUT2D eigenvalue weighted by atomic mass is 9.84. The standard InChI is InChI=1S/C12H16F3N/c1-12(8-16,11(14)15)7-6-9-4-2-3-5-10(9)13/h2-5,11H,6-8,16H2,1H3. The topological polar surface area (TPSA) is 26.0 Å². The van der Waals surface area contributed by atoms with Gasteiger partial charge in [-0.15, -0.1) is 0 Å². The summed E-state index contributed by atoms with van der Waals surface area (Å²) in [6.07, 6.45) is -2.02. The third-order valence-electron chi connectivity index (χ3n) is 2.92. The van der Waals surface area contributed by atoms with Crippen molar-refractivity contribution in [3.63, 3.8) is 0 Å². The first kappa shape index (κ1) is 13.0. The maximum Gasteiger partial charge on any atom is 0.245 e. The second-order valence-corrected chi connectivity index (χ2v) is 4.25. The summed E-state index contributed by atoms with van der Waals surface area (Å²) in [4.78, 5) is 0.